The molecule has 2 aromatic rings. The number of methoxy groups -OCH3 is 2. The highest BCUT2D eigenvalue weighted by Gasteiger charge is 2.36. The molecule has 1 unspecified atom stereocenters. The molecule has 19 heteroatoms. The first-order valence-electron chi connectivity index (χ1n) is 26.1. The van der Waals surface area contributed by atoms with Crippen LogP contribution in [0.1, 0.15) is 100 Å². The maximum atomic E-state index is 13.2. The normalized spacial score (nSPS) is 20.3. The lowest BCUT2D eigenvalue weighted by atomic mass is 9.87. The SMILES string of the molecule is CN[C@@H]1CCN(C2CCN(C)CC2)C1.COc1cc(C)c(S(=O)(=O)N(C)CCC(=O)CC(=O)C(C)[C@@H]2CCN(C3CCN(C)CC3)C2)c(C)c1.COc1cc(C)c(S(=O)(=O)N(C)CCC(=O)CC(C)=O)c(C)c1. The number of nitrogens with zero attached hydrogens (tertiary/aromatic N) is 6. The number of aryl methyl sites for hydroxylation is 4. The number of sulfonamides is 2. The second-order valence-electron chi connectivity index (χ2n) is 21.1. The number of ether oxygens (including phenoxy) is 2. The molecule has 412 valence electrons. The molecule has 0 radical (unpaired) electrons. The van der Waals surface area contributed by atoms with E-state index in [1.807, 2.05) is 6.92 Å². The predicted octanol–water partition coefficient (Wildman–Crippen LogP) is 5.15. The lowest BCUT2D eigenvalue weighted by Crippen LogP contribution is -2.43. The van der Waals surface area contributed by atoms with Crippen LogP contribution in [0.15, 0.2) is 34.1 Å². The summed E-state index contributed by atoms with van der Waals surface area (Å²) in [7, 11) is 4.98. The van der Waals surface area contributed by atoms with Crippen LogP contribution in [0, 0.1) is 39.5 Å². The van der Waals surface area contributed by atoms with Crippen LogP contribution in [-0.2, 0) is 39.2 Å². The zero-order valence-electron chi connectivity index (χ0n) is 46.4. The Labute approximate surface area is 438 Å². The molecule has 6 rings (SSSR count). The number of hydrogen-bond donors (Lipinski definition) is 1. The van der Waals surface area contributed by atoms with Gasteiger partial charge in [-0.25, -0.2) is 25.4 Å². The van der Waals surface area contributed by atoms with Gasteiger partial charge in [-0.05, 0) is 179 Å². The molecule has 0 bridgehead atoms. The Balaban J connectivity index is 0.000000265. The lowest BCUT2D eigenvalue weighted by Gasteiger charge is -2.35. The number of likely N-dealkylation sites (N-methyl/N-ethyl adjacent to an activating group) is 1. The van der Waals surface area contributed by atoms with Crippen molar-refractivity contribution in [1.29, 1.82) is 0 Å². The number of hydrogen-bond acceptors (Lipinski definition) is 15. The van der Waals surface area contributed by atoms with Gasteiger partial charge in [0.05, 0.1) is 36.9 Å². The van der Waals surface area contributed by atoms with Gasteiger partial charge in [0, 0.05) is 83.7 Å². The number of nitrogens with one attached hydrogen (secondary N) is 1. The number of Topliss-reactive ketones (excluding diaryl/α,β-unsaturated/α-hetero) is 4. The van der Waals surface area contributed by atoms with Crippen molar-refractivity contribution in [2.24, 2.45) is 11.8 Å². The molecular formula is C54H89N7O10S2. The summed E-state index contributed by atoms with van der Waals surface area (Å²) in [6.45, 7) is 19.6. The average Bonchev–Trinajstić information content (AvgIpc) is 4.03. The third kappa shape index (κ3) is 17.7. The van der Waals surface area contributed by atoms with Crippen LogP contribution in [0.25, 0.3) is 0 Å². The Hall–Kier alpha value is -3.66. The average molecular weight is 1060 g/mol. The maximum Gasteiger partial charge on any atom is 0.243 e. The van der Waals surface area contributed by atoms with E-state index in [0.29, 0.717) is 39.8 Å². The Morgan fingerprint density at radius 2 is 1.01 bits per heavy atom. The van der Waals surface area contributed by atoms with Crippen LogP contribution in [0.3, 0.4) is 0 Å². The van der Waals surface area contributed by atoms with E-state index in [4.69, 9.17) is 9.47 Å². The highest BCUT2D eigenvalue weighted by atomic mass is 32.2. The van der Waals surface area contributed by atoms with Crippen molar-refractivity contribution in [3.63, 3.8) is 0 Å². The number of piperidine rings is 2. The van der Waals surface area contributed by atoms with Crippen molar-refractivity contribution in [2.45, 2.75) is 134 Å². The third-order valence-electron chi connectivity index (χ3n) is 15.4. The molecule has 0 saturated carbocycles. The molecule has 0 aromatic heterocycles. The smallest absolute Gasteiger partial charge is 0.243 e. The Morgan fingerprint density at radius 3 is 1.38 bits per heavy atom. The number of rotatable bonds is 21. The monoisotopic (exact) mass is 1060 g/mol. The predicted molar refractivity (Wildman–Crippen MR) is 288 cm³/mol. The summed E-state index contributed by atoms with van der Waals surface area (Å²) in [5.74, 6) is 0.615. The summed E-state index contributed by atoms with van der Waals surface area (Å²) >= 11 is 0. The molecule has 4 saturated heterocycles. The van der Waals surface area contributed by atoms with Gasteiger partial charge >= 0.3 is 0 Å². The van der Waals surface area contributed by atoms with Crippen molar-refractivity contribution in [3.8, 4) is 11.5 Å². The van der Waals surface area contributed by atoms with Crippen LogP contribution in [0.5, 0.6) is 11.5 Å². The molecule has 4 aliphatic heterocycles. The first kappa shape index (κ1) is 61.9. The minimum absolute atomic E-state index is 0.0174. The van der Waals surface area contributed by atoms with E-state index in [0.717, 1.165) is 49.0 Å². The molecule has 17 nitrogen and oxygen atoms in total. The summed E-state index contributed by atoms with van der Waals surface area (Å²) in [6.07, 6.45) is 7.18. The molecule has 2 aromatic carbocycles. The van der Waals surface area contributed by atoms with Gasteiger partial charge < -0.3 is 24.6 Å². The van der Waals surface area contributed by atoms with Crippen molar-refractivity contribution in [1.82, 2.24) is 33.5 Å². The third-order valence-corrected chi connectivity index (χ3v) is 19.7. The summed E-state index contributed by atoms with van der Waals surface area (Å²) in [5.41, 5.74) is 2.37. The van der Waals surface area contributed by atoms with E-state index < -0.39 is 20.0 Å². The number of ketones is 4. The highest BCUT2D eigenvalue weighted by molar-refractivity contribution is 7.89. The van der Waals surface area contributed by atoms with Crippen LogP contribution in [-0.4, -0.2) is 201 Å². The fourth-order valence-electron chi connectivity index (χ4n) is 10.7. The Morgan fingerprint density at radius 1 is 0.630 bits per heavy atom. The van der Waals surface area contributed by atoms with E-state index in [1.165, 1.54) is 90.7 Å². The summed E-state index contributed by atoms with van der Waals surface area (Å²) in [6, 6.07) is 8.92. The van der Waals surface area contributed by atoms with E-state index >= 15 is 0 Å². The molecule has 4 heterocycles. The fourth-order valence-corrected chi connectivity index (χ4v) is 13.8. The van der Waals surface area contributed by atoms with E-state index in [9.17, 15) is 36.0 Å². The summed E-state index contributed by atoms with van der Waals surface area (Å²) in [5, 5.41) is 3.39. The minimum atomic E-state index is -3.77. The van der Waals surface area contributed by atoms with Crippen LogP contribution in [0.4, 0.5) is 0 Å². The van der Waals surface area contributed by atoms with Gasteiger partial charge in [-0.3, -0.25) is 29.0 Å². The summed E-state index contributed by atoms with van der Waals surface area (Å²) in [4.78, 5) is 58.5. The minimum Gasteiger partial charge on any atom is -0.497 e. The Kier molecular flexibility index (Phi) is 24.1. The van der Waals surface area contributed by atoms with Gasteiger partial charge in [0.1, 0.15) is 34.6 Å². The van der Waals surface area contributed by atoms with Crippen LogP contribution >= 0.6 is 0 Å². The zero-order chi connectivity index (χ0) is 54.4. The second kappa shape index (κ2) is 28.5. The topological polar surface area (TPSA) is 186 Å². The fraction of sp³-hybridized carbons (Fsp3) is 0.704. The number of carbonyl (C=O) groups excluding carboxylic acids is 4. The molecular weight excluding hydrogens is 971 g/mol. The summed E-state index contributed by atoms with van der Waals surface area (Å²) < 4.78 is 64.5. The van der Waals surface area contributed by atoms with E-state index in [2.05, 4.69) is 46.1 Å². The van der Waals surface area contributed by atoms with Crippen molar-refractivity contribution in [2.75, 3.05) is 115 Å². The highest BCUT2D eigenvalue weighted by Crippen LogP contribution is 2.32. The molecule has 3 atom stereocenters. The number of likely N-dealkylation sites (tertiary alicyclic amines) is 4. The van der Waals surface area contributed by atoms with Gasteiger partial charge in [-0.15, -0.1) is 0 Å². The standard InChI is InChI=1S/C27H43N3O5S.C16H23NO5S.C11H23N3/c1-19-15-25(35-6)16-20(2)27(19)36(33,34)29(5)13-10-24(31)17-26(32)21(3)22-7-14-30(18-22)23-8-11-28(4)12-9-23;1-11-8-15(22-5)9-12(2)16(11)23(20,21)17(4)7-6-14(19)10-13(3)18;1-12-10-3-8-14(9-10)11-4-6-13(2)7-5-11/h15-16,21-23H,7-14,17-18H2,1-6H3;8-9H,6-7,10H2,1-5H3;10-12H,3-9H2,1-2H3/t21?,22-;;10-/m1.1/s1. The lowest BCUT2D eigenvalue weighted by molar-refractivity contribution is -0.130. The molecule has 4 fully saturated rings. The zero-order valence-corrected chi connectivity index (χ0v) is 48.1. The number of benzene rings is 2. The van der Waals surface area contributed by atoms with Gasteiger partial charge in [0.25, 0.3) is 0 Å². The van der Waals surface area contributed by atoms with Gasteiger partial charge in [0.15, 0.2) is 0 Å². The molecule has 0 amide bonds. The molecule has 73 heavy (non-hydrogen) atoms. The van der Waals surface area contributed by atoms with Crippen LogP contribution < -0.4 is 14.8 Å². The van der Waals surface area contributed by atoms with E-state index in [-0.39, 0.29) is 83.5 Å². The molecule has 4 aliphatic rings. The largest absolute Gasteiger partial charge is 0.497 e. The molecule has 0 spiro atoms. The van der Waals surface area contributed by atoms with E-state index in [1.54, 1.807) is 59.1 Å². The Bertz CT molecular complexity index is 2360. The first-order chi connectivity index (χ1) is 34.3. The van der Waals surface area contributed by atoms with Crippen LogP contribution in [0.2, 0.25) is 0 Å². The van der Waals surface area contributed by atoms with Crippen molar-refractivity contribution < 1.29 is 45.5 Å². The number of carbonyl (C=O) groups is 4. The molecule has 0 aliphatic carbocycles. The van der Waals surface area contributed by atoms with Gasteiger partial charge in [0.2, 0.25) is 20.0 Å². The quantitative estimate of drug-likeness (QED) is 0.162. The van der Waals surface area contributed by atoms with Gasteiger partial charge in [-0.2, -0.15) is 0 Å². The second-order valence-corrected chi connectivity index (χ2v) is 25.1. The van der Waals surface area contributed by atoms with Crippen molar-refractivity contribution in [3.05, 3.63) is 46.5 Å². The van der Waals surface area contributed by atoms with Gasteiger partial charge in [-0.1, -0.05) is 6.92 Å². The molecule has 1 N–H and O–H groups in total. The maximum absolute atomic E-state index is 13.2. The first-order valence-corrected chi connectivity index (χ1v) is 29.0. The van der Waals surface area contributed by atoms with Crippen molar-refractivity contribution >= 4 is 43.2 Å².